The Morgan fingerprint density at radius 2 is 2.00 bits per heavy atom. The number of aryl methyl sites for hydroxylation is 1. The molecule has 0 aliphatic rings. The van der Waals surface area contributed by atoms with E-state index in [0.29, 0.717) is 6.54 Å². The molecule has 0 unspecified atom stereocenters. The number of hydrogen-bond acceptors (Lipinski definition) is 4. The van der Waals surface area contributed by atoms with Crippen molar-refractivity contribution in [3.8, 4) is 0 Å². The first kappa shape index (κ1) is 14.9. The molecular weight excluding hydrogens is 228 g/mol. The molecule has 0 saturated carbocycles. The Labute approximate surface area is 109 Å². The molecule has 0 atom stereocenters. The molecule has 0 aliphatic carbocycles. The summed E-state index contributed by atoms with van der Waals surface area (Å²) in [7, 11) is 0. The molecule has 0 aromatic carbocycles. The molecule has 1 rings (SSSR count). The number of hydrogen-bond donors (Lipinski definition) is 1. The highest BCUT2D eigenvalue weighted by Gasteiger charge is 1.99. The zero-order chi connectivity index (χ0) is 13.4. The zero-order valence-electron chi connectivity index (χ0n) is 11.6. The van der Waals surface area contributed by atoms with Gasteiger partial charge >= 0.3 is 0 Å². The Kier molecular flexibility index (Phi) is 6.60. The van der Waals surface area contributed by atoms with E-state index in [-0.39, 0.29) is 5.56 Å². The summed E-state index contributed by atoms with van der Waals surface area (Å²) >= 11 is 0. The fourth-order valence-corrected chi connectivity index (χ4v) is 1.80. The molecule has 102 valence electrons. The largest absolute Gasteiger partial charge is 0.314 e. The number of rotatable bonds is 8. The molecular formula is C13H24N4O. The molecule has 5 nitrogen and oxygen atoms in total. The molecule has 0 aliphatic heterocycles. The first-order valence-corrected chi connectivity index (χ1v) is 6.65. The standard InChI is InChI=1S/C13H24N4O/c1-4-16(5-2)10-8-14-9-11-17-13(18)7-6-12(3)15-17/h6-7,14H,4-5,8-11H2,1-3H3. The number of nitrogens with zero attached hydrogens (tertiary/aromatic N) is 3. The van der Waals surface area contributed by atoms with Gasteiger partial charge in [-0.15, -0.1) is 0 Å². The van der Waals surface area contributed by atoms with Gasteiger partial charge in [0, 0.05) is 25.7 Å². The maximum atomic E-state index is 11.5. The third-order valence-corrected chi connectivity index (χ3v) is 3.00. The van der Waals surface area contributed by atoms with Gasteiger partial charge in [-0.25, -0.2) is 4.68 Å². The SMILES string of the molecule is CCN(CC)CCNCCn1nc(C)ccc1=O. The van der Waals surface area contributed by atoms with Crippen molar-refractivity contribution in [1.29, 1.82) is 0 Å². The molecule has 1 N–H and O–H groups in total. The average molecular weight is 252 g/mol. The van der Waals surface area contributed by atoms with Crippen LogP contribution >= 0.6 is 0 Å². The minimum absolute atomic E-state index is 0.0360. The lowest BCUT2D eigenvalue weighted by Crippen LogP contribution is -2.34. The summed E-state index contributed by atoms with van der Waals surface area (Å²) in [5.41, 5.74) is 0.837. The summed E-state index contributed by atoms with van der Waals surface area (Å²) in [6.45, 7) is 11.8. The van der Waals surface area contributed by atoms with Gasteiger partial charge in [0.25, 0.3) is 5.56 Å². The quantitative estimate of drug-likeness (QED) is 0.684. The molecule has 1 heterocycles. The van der Waals surface area contributed by atoms with E-state index in [9.17, 15) is 4.79 Å². The summed E-state index contributed by atoms with van der Waals surface area (Å²) in [4.78, 5) is 13.9. The Morgan fingerprint density at radius 1 is 1.28 bits per heavy atom. The number of likely N-dealkylation sites (N-methyl/N-ethyl adjacent to an activating group) is 1. The topological polar surface area (TPSA) is 50.2 Å². The molecule has 1 aromatic rings. The molecule has 0 radical (unpaired) electrons. The van der Waals surface area contributed by atoms with E-state index in [2.05, 4.69) is 29.2 Å². The van der Waals surface area contributed by atoms with Crippen molar-refractivity contribution in [2.75, 3.05) is 32.7 Å². The molecule has 1 aromatic heterocycles. The van der Waals surface area contributed by atoms with Gasteiger partial charge in [-0.05, 0) is 26.1 Å². The lowest BCUT2D eigenvalue weighted by molar-refractivity contribution is 0.301. The van der Waals surface area contributed by atoms with E-state index in [1.54, 1.807) is 12.1 Å². The summed E-state index contributed by atoms with van der Waals surface area (Å²) in [5.74, 6) is 0. The van der Waals surface area contributed by atoms with Crippen LogP contribution in [0.3, 0.4) is 0 Å². The Bertz CT molecular complexity index is 398. The summed E-state index contributed by atoms with van der Waals surface area (Å²) in [5, 5.41) is 7.53. The molecule has 5 heteroatoms. The summed E-state index contributed by atoms with van der Waals surface area (Å²) in [6.07, 6.45) is 0. The predicted molar refractivity (Wildman–Crippen MR) is 73.9 cm³/mol. The van der Waals surface area contributed by atoms with Crippen LogP contribution in [0, 0.1) is 6.92 Å². The maximum absolute atomic E-state index is 11.5. The van der Waals surface area contributed by atoms with Gasteiger partial charge in [-0.3, -0.25) is 4.79 Å². The van der Waals surface area contributed by atoms with Gasteiger partial charge in [0.15, 0.2) is 0 Å². The second kappa shape index (κ2) is 8.00. The third-order valence-electron chi connectivity index (χ3n) is 3.00. The van der Waals surface area contributed by atoms with Crippen molar-refractivity contribution in [2.45, 2.75) is 27.3 Å². The number of aromatic nitrogens is 2. The summed E-state index contributed by atoms with van der Waals surface area (Å²) < 4.78 is 1.51. The third kappa shape index (κ3) is 4.98. The molecule has 0 bridgehead atoms. The van der Waals surface area contributed by atoms with Crippen LogP contribution in [0.15, 0.2) is 16.9 Å². The monoisotopic (exact) mass is 252 g/mol. The van der Waals surface area contributed by atoms with E-state index in [0.717, 1.165) is 38.4 Å². The highest BCUT2D eigenvalue weighted by atomic mass is 16.1. The normalized spacial score (nSPS) is 11.1. The first-order chi connectivity index (χ1) is 8.67. The molecule has 0 amide bonds. The maximum Gasteiger partial charge on any atom is 0.266 e. The molecule has 0 spiro atoms. The molecule has 0 saturated heterocycles. The van der Waals surface area contributed by atoms with Crippen molar-refractivity contribution in [1.82, 2.24) is 20.0 Å². The summed E-state index contributed by atoms with van der Waals surface area (Å²) in [6, 6.07) is 3.31. The van der Waals surface area contributed by atoms with Crippen LogP contribution in [0.1, 0.15) is 19.5 Å². The van der Waals surface area contributed by atoms with E-state index >= 15 is 0 Å². The fraction of sp³-hybridized carbons (Fsp3) is 0.692. The zero-order valence-corrected chi connectivity index (χ0v) is 11.6. The molecule has 0 fully saturated rings. The van der Waals surface area contributed by atoms with Crippen LogP contribution in [-0.4, -0.2) is 47.4 Å². The van der Waals surface area contributed by atoms with Crippen LogP contribution in [0.25, 0.3) is 0 Å². The van der Waals surface area contributed by atoms with Crippen LogP contribution in [0.5, 0.6) is 0 Å². The van der Waals surface area contributed by atoms with Gasteiger partial charge < -0.3 is 10.2 Å². The van der Waals surface area contributed by atoms with E-state index < -0.39 is 0 Å². The minimum atomic E-state index is -0.0360. The van der Waals surface area contributed by atoms with E-state index in [1.165, 1.54) is 4.68 Å². The van der Waals surface area contributed by atoms with Crippen LogP contribution in [0.4, 0.5) is 0 Å². The second-order valence-corrected chi connectivity index (χ2v) is 4.31. The second-order valence-electron chi connectivity index (χ2n) is 4.31. The fourth-order valence-electron chi connectivity index (χ4n) is 1.80. The highest BCUT2D eigenvalue weighted by molar-refractivity contribution is 4.96. The first-order valence-electron chi connectivity index (χ1n) is 6.65. The van der Waals surface area contributed by atoms with Crippen molar-refractivity contribution >= 4 is 0 Å². The van der Waals surface area contributed by atoms with Crippen molar-refractivity contribution < 1.29 is 0 Å². The van der Waals surface area contributed by atoms with Crippen LogP contribution in [-0.2, 0) is 6.54 Å². The van der Waals surface area contributed by atoms with Crippen LogP contribution in [0.2, 0.25) is 0 Å². The Balaban J connectivity index is 2.25. The van der Waals surface area contributed by atoms with Crippen molar-refractivity contribution in [3.05, 3.63) is 28.2 Å². The van der Waals surface area contributed by atoms with Gasteiger partial charge in [-0.2, -0.15) is 5.10 Å². The van der Waals surface area contributed by atoms with Crippen molar-refractivity contribution in [2.24, 2.45) is 0 Å². The average Bonchev–Trinajstić information content (AvgIpc) is 2.38. The molecule has 18 heavy (non-hydrogen) atoms. The van der Waals surface area contributed by atoms with Gasteiger partial charge in [0.1, 0.15) is 0 Å². The minimum Gasteiger partial charge on any atom is -0.314 e. The van der Waals surface area contributed by atoms with Gasteiger partial charge in [0.2, 0.25) is 0 Å². The lowest BCUT2D eigenvalue weighted by atomic mass is 10.4. The smallest absolute Gasteiger partial charge is 0.266 e. The van der Waals surface area contributed by atoms with Crippen LogP contribution < -0.4 is 10.9 Å². The highest BCUT2D eigenvalue weighted by Crippen LogP contribution is 1.86. The number of nitrogens with one attached hydrogen (secondary N) is 1. The van der Waals surface area contributed by atoms with Crippen molar-refractivity contribution in [3.63, 3.8) is 0 Å². The Hall–Kier alpha value is -1.20. The Morgan fingerprint density at radius 3 is 2.67 bits per heavy atom. The van der Waals surface area contributed by atoms with E-state index in [4.69, 9.17) is 0 Å². The van der Waals surface area contributed by atoms with Gasteiger partial charge in [-0.1, -0.05) is 13.8 Å². The van der Waals surface area contributed by atoms with E-state index in [1.807, 2.05) is 6.92 Å². The predicted octanol–water partition coefficient (Wildman–Crippen LogP) is 0.483. The lowest BCUT2D eigenvalue weighted by Gasteiger charge is -2.18. The van der Waals surface area contributed by atoms with Gasteiger partial charge in [0.05, 0.1) is 12.2 Å².